The van der Waals surface area contributed by atoms with E-state index in [-0.39, 0.29) is 24.1 Å². The fourth-order valence-electron chi connectivity index (χ4n) is 5.80. The van der Waals surface area contributed by atoms with Crippen LogP contribution in [0.3, 0.4) is 0 Å². The molecular formula is C30H38N8O5. The lowest BCUT2D eigenvalue weighted by atomic mass is 9.89. The molecule has 228 valence electrons. The van der Waals surface area contributed by atoms with Gasteiger partial charge in [-0.1, -0.05) is 0 Å². The van der Waals surface area contributed by atoms with Crippen LogP contribution in [0.1, 0.15) is 69.4 Å². The molecule has 0 radical (unpaired) electrons. The number of anilines is 3. The number of ether oxygens (including phenoxy) is 1. The molecule has 0 unspecified atom stereocenters. The summed E-state index contributed by atoms with van der Waals surface area (Å²) in [6.45, 7) is 6.66. The first-order chi connectivity index (χ1) is 20.7. The Morgan fingerprint density at radius 1 is 1.00 bits per heavy atom. The normalized spacial score (nSPS) is 19.1. The van der Waals surface area contributed by atoms with Crippen LogP contribution in [-0.4, -0.2) is 97.4 Å². The number of hydrogen-bond acceptors (Lipinski definition) is 10. The highest BCUT2D eigenvalue weighted by Gasteiger charge is 2.31. The molecule has 1 aromatic carbocycles. The summed E-state index contributed by atoms with van der Waals surface area (Å²) in [7, 11) is 1.83. The van der Waals surface area contributed by atoms with Crippen LogP contribution in [-0.2, 0) is 11.8 Å². The van der Waals surface area contributed by atoms with E-state index in [4.69, 9.17) is 9.84 Å². The predicted molar refractivity (Wildman–Crippen MR) is 160 cm³/mol. The summed E-state index contributed by atoms with van der Waals surface area (Å²) in [4.78, 5) is 50.3. The van der Waals surface area contributed by atoms with Crippen LogP contribution in [0.15, 0.2) is 36.7 Å². The molecule has 5 rings (SSSR count). The SMILES string of the molecule is CCOC(=O)c1c(C)nc(Nc2cnn(C)c2)nc1NC1CCC(N2CCN(C(=O)c3ccc(C(=O)O)cc3)CC2)CC1. The highest BCUT2D eigenvalue weighted by Crippen LogP contribution is 2.29. The first-order valence-corrected chi connectivity index (χ1v) is 14.7. The van der Waals surface area contributed by atoms with E-state index in [1.807, 2.05) is 18.1 Å². The van der Waals surface area contributed by atoms with Gasteiger partial charge in [0.2, 0.25) is 5.95 Å². The summed E-state index contributed by atoms with van der Waals surface area (Å²) >= 11 is 0. The van der Waals surface area contributed by atoms with E-state index in [2.05, 4.69) is 30.6 Å². The van der Waals surface area contributed by atoms with Crippen molar-refractivity contribution in [3.8, 4) is 0 Å². The molecule has 1 aliphatic heterocycles. The molecule has 2 aliphatic rings. The van der Waals surface area contributed by atoms with Crippen LogP contribution in [0, 0.1) is 6.92 Å². The Morgan fingerprint density at radius 2 is 1.67 bits per heavy atom. The van der Waals surface area contributed by atoms with Crippen LogP contribution in [0.4, 0.5) is 17.5 Å². The van der Waals surface area contributed by atoms with Gasteiger partial charge < -0.3 is 25.4 Å². The molecule has 0 spiro atoms. The predicted octanol–water partition coefficient (Wildman–Crippen LogP) is 3.32. The molecule has 1 saturated carbocycles. The number of rotatable bonds is 9. The fourth-order valence-corrected chi connectivity index (χ4v) is 5.80. The van der Waals surface area contributed by atoms with Crippen molar-refractivity contribution < 1.29 is 24.2 Å². The molecule has 0 atom stereocenters. The summed E-state index contributed by atoms with van der Waals surface area (Å²) in [5, 5.41) is 19.9. The number of piperazine rings is 1. The number of carbonyl (C=O) groups is 3. The summed E-state index contributed by atoms with van der Waals surface area (Å²) in [5.74, 6) is -0.690. The minimum absolute atomic E-state index is 0.0700. The number of carboxylic acids is 1. The quantitative estimate of drug-likeness (QED) is 0.314. The lowest BCUT2D eigenvalue weighted by molar-refractivity contribution is 0.0517. The second-order valence-electron chi connectivity index (χ2n) is 11.0. The Kier molecular flexibility index (Phi) is 9.19. The van der Waals surface area contributed by atoms with Crippen molar-refractivity contribution in [1.29, 1.82) is 0 Å². The van der Waals surface area contributed by atoms with Crippen molar-refractivity contribution in [3.05, 3.63) is 59.0 Å². The first kappa shape index (κ1) is 30.0. The van der Waals surface area contributed by atoms with E-state index in [0.717, 1.165) is 44.5 Å². The third-order valence-corrected chi connectivity index (χ3v) is 8.06. The van der Waals surface area contributed by atoms with Gasteiger partial charge in [0.15, 0.2) is 0 Å². The molecule has 0 bridgehead atoms. The lowest BCUT2D eigenvalue weighted by Gasteiger charge is -2.42. The average molecular weight is 591 g/mol. The number of carbonyl (C=O) groups excluding carboxylic acids is 2. The number of nitrogens with zero attached hydrogens (tertiary/aromatic N) is 6. The summed E-state index contributed by atoms with van der Waals surface area (Å²) < 4.78 is 6.99. The van der Waals surface area contributed by atoms with Gasteiger partial charge in [0.25, 0.3) is 5.91 Å². The molecule has 2 aromatic heterocycles. The van der Waals surface area contributed by atoms with Crippen molar-refractivity contribution in [3.63, 3.8) is 0 Å². The molecule has 1 amide bonds. The van der Waals surface area contributed by atoms with Gasteiger partial charge in [0, 0.05) is 57.1 Å². The molecule has 13 nitrogen and oxygen atoms in total. The largest absolute Gasteiger partial charge is 0.478 e. The van der Waals surface area contributed by atoms with Crippen LogP contribution in [0.5, 0.6) is 0 Å². The molecule has 2 fully saturated rings. The molecule has 3 heterocycles. The summed E-state index contributed by atoms with van der Waals surface area (Å²) in [6.07, 6.45) is 7.30. The van der Waals surface area contributed by atoms with Gasteiger partial charge in [-0.25, -0.2) is 14.6 Å². The van der Waals surface area contributed by atoms with Crippen molar-refractivity contribution in [2.45, 2.75) is 51.6 Å². The number of nitrogens with one attached hydrogen (secondary N) is 2. The molecule has 3 N–H and O–H groups in total. The van der Waals surface area contributed by atoms with Crippen LogP contribution >= 0.6 is 0 Å². The Balaban J connectivity index is 1.17. The number of aromatic nitrogens is 4. The number of aromatic carboxylic acids is 1. The minimum atomic E-state index is -1.01. The number of amides is 1. The maximum Gasteiger partial charge on any atom is 0.343 e. The second kappa shape index (κ2) is 13.2. The highest BCUT2D eigenvalue weighted by molar-refractivity contribution is 5.96. The summed E-state index contributed by atoms with van der Waals surface area (Å²) in [5.41, 5.74) is 2.29. The van der Waals surface area contributed by atoms with Crippen LogP contribution in [0.2, 0.25) is 0 Å². The maximum atomic E-state index is 12.9. The van der Waals surface area contributed by atoms with Gasteiger partial charge >= 0.3 is 11.9 Å². The topological polar surface area (TPSA) is 155 Å². The smallest absolute Gasteiger partial charge is 0.343 e. The first-order valence-electron chi connectivity index (χ1n) is 14.7. The maximum absolute atomic E-state index is 12.9. The highest BCUT2D eigenvalue weighted by atomic mass is 16.5. The summed E-state index contributed by atoms with van der Waals surface area (Å²) in [6, 6.07) is 6.66. The Morgan fingerprint density at radius 3 is 2.28 bits per heavy atom. The third kappa shape index (κ3) is 7.11. The molecule has 1 aliphatic carbocycles. The molecule has 13 heteroatoms. The number of esters is 1. The molecule has 1 saturated heterocycles. The number of aryl methyl sites for hydroxylation is 2. The average Bonchev–Trinajstić information content (AvgIpc) is 3.41. The van der Waals surface area contributed by atoms with Gasteiger partial charge in [0.1, 0.15) is 11.4 Å². The molecule has 3 aromatic rings. The van der Waals surface area contributed by atoms with Crippen molar-refractivity contribution >= 4 is 35.3 Å². The zero-order valence-electron chi connectivity index (χ0n) is 24.7. The second-order valence-corrected chi connectivity index (χ2v) is 11.0. The van der Waals surface area contributed by atoms with E-state index in [0.29, 0.717) is 47.7 Å². The zero-order valence-corrected chi connectivity index (χ0v) is 24.7. The number of carboxylic acid groups (broad SMARTS) is 1. The minimum Gasteiger partial charge on any atom is -0.478 e. The van der Waals surface area contributed by atoms with Crippen molar-refractivity contribution in [1.82, 2.24) is 29.5 Å². The monoisotopic (exact) mass is 590 g/mol. The fraction of sp³-hybridized carbons (Fsp3) is 0.467. The van der Waals surface area contributed by atoms with E-state index >= 15 is 0 Å². The number of hydrogen-bond donors (Lipinski definition) is 3. The van der Waals surface area contributed by atoms with Crippen molar-refractivity contribution in [2.24, 2.45) is 7.05 Å². The van der Waals surface area contributed by atoms with Gasteiger partial charge in [-0.15, -0.1) is 0 Å². The van der Waals surface area contributed by atoms with Gasteiger partial charge in [-0.3, -0.25) is 14.4 Å². The molecule has 43 heavy (non-hydrogen) atoms. The Labute approximate surface area is 250 Å². The van der Waals surface area contributed by atoms with E-state index in [1.165, 1.54) is 12.1 Å². The van der Waals surface area contributed by atoms with E-state index in [1.54, 1.807) is 36.9 Å². The molecular weight excluding hydrogens is 552 g/mol. The van der Waals surface area contributed by atoms with E-state index < -0.39 is 11.9 Å². The number of benzene rings is 1. The van der Waals surface area contributed by atoms with Gasteiger partial charge in [-0.2, -0.15) is 10.1 Å². The Bertz CT molecular complexity index is 1460. The lowest BCUT2D eigenvalue weighted by Crippen LogP contribution is -2.53. The van der Waals surface area contributed by atoms with Gasteiger partial charge in [0.05, 0.1) is 29.7 Å². The van der Waals surface area contributed by atoms with E-state index in [9.17, 15) is 14.4 Å². The third-order valence-electron chi connectivity index (χ3n) is 8.06. The van der Waals surface area contributed by atoms with Crippen LogP contribution < -0.4 is 10.6 Å². The standard InChI is InChI=1S/C30H38N8O5/c1-4-43-29(42)25-19(2)32-30(34-23-17-31-36(3)18-23)35-26(25)33-22-9-11-24(12-10-22)37-13-15-38(16-14-37)27(39)20-5-7-21(8-6-20)28(40)41/h5-8,17-18,22,24H,4,9-16H2,1-3H3,(H,40,41)(H2,32,33,34,35). The van der Waals surface area contributed by atoms with Crippen molar-refractivity contribution in [2.75, 3.05) is 43.4 Å². The van der Waals surface area contributed by atoms with Gasteiger partial charge in [-0.05, 0) is 63.8 Å². The van der Waals surface area contributed by atoms with Crippen LogP contribution in [0.25, 0.3) is 0 Å². The Hall–Kier alpha value is -4.52. The zero-order chi connectivity index (χ0) is 30.5.